The number of benzene rings is 2. The summed E-state index contributed by atoms with van der Waals surface area (Å²) in [6.45, 7) is -0.471. The first-order valence-electron chi connectivity index (χ1n) is 8.12. The second-order valence-corrected chi connectivity index (χ2v) is 7.84. The van der Waals surface area contributed by atoms with E-state index in [9.17, 15) is 14.4 Å². The van der Waals surface area contributed by atoms with E-state index in [1.165, 1.54) is 6.07 Å². The number of carbonyl (C=O) groups excluding carboxylic acids is 2. The van der Waals surface area contributed by atoms with E-state index < -0.39 is 24.4 Å². The largest absolute Gasteiger partial charge is 0.482 e. The van der Waals surface area contributed by atoms with E-state index in [0.29, 0.717) is 26.8 Å². The molecule has 0 aromatic heterocycles. The summed E-state index contributed by atoms with van der Waals surface area (Å²) in [6, 6.07) is 12.9. The van der Waals surface area contributed by atoms with Crippen LogP contribution >= 0.6 is 35.6 Å². The molecule has 29 heavy (non-hydrogen) atoms. The number of carboxylic acids is 1. The lowest BCUT2D eigenvalue weighted by atomic mass is 10.2. The number of nitrogens with zero attached hydrogens (tertiary/aromatic N) is 1. The Hall–Kier alpha value is -2.88. The Morgan fingerprint density at radius 2 is 2.00 bits per heavy atom. The van der Waals surface area contributed by atoms with Gasteiger partial charge in [0.2, 0.25) is 0 Å². The number of hydrogen-bond donors (Lipinski definition) is 2. The molecule has 2 aromatic rings. The molecular formula is C19H13ClN2O5S2. The molecule has 0 spiro atoms. The number of aliphatic carboxylic acids is 1. The molecule has 1 aliphatic heterocycles. The number of hydrogen-bond acceptors (Lipinski definition) is 6. The van der Waals surface area contributed by atoms with Crippen LogP contribution in [0.2, 0.25) is 5.02 Å². The second kappa shape index (κ2) is 9.08. The Labute approximate surface area is 180 Å². The lowest BCUT2D eigenvalue weighted by molar-refractivity contribution is -0.139. The predicted octanol–water partition coefficient (Wildman–Crippen LogP) is 3.35. The molecule has 2 N–H and O–H groups in total. The van der Waals surface area contributed by atoms with Crippen LogP contribution in [0.1, 0.15) is 15.9 Å². The van der Waals surface area contributed by atoms with E-state index in [1.54, 1.807) is 48.5 Å². The van der Waals surface area contributed by atoms with Crippen LogP contribution in [0, 0.1) is 0 Å². The van der Waals surface area contributed by atoms with Crippen molar-refractivity contribution in [3.8, 4) is 5.75 Å². The smallest absolute Gasteiger partial charge is 0.341 e. The van der Waals surface area contributed by atoms with E-state index >= 15 is 0 Å². The van der Waals surface area contributed by atoms with E-state index in [4.69, 9.17) is 33.7 Å². The van der Waals surface area contributed by atoms with Crippen molar-refractivity contribution in [2.45, 2.75) is 0 Å². The molecule has 0 atom stereocenters. The summed E-state index contributed by atoms with van der Waals surface area (Å²) in [5.41, 5.74) is 3.39. The third-order valence-electron chi connectivity index (χ3n) is 3.61. The first kappa shape index (κ1) is 20.8. The SMILES string of the molecule is O=C(O)COc1cccc(/C=C2/SC(=S)N(NC(=O)c3cccc(Cl)c3)C2=O)c1. The summed E-state index contributed by atoms with van der Waals surface area (Å²) >= 11 is 12.1. The Morgan fingerprint density at radius 1 is 1.24 bits per heavy atom. The van der Waals surface area contributed by atoms with Crippen molar-refractivity contribution in [1.82, 2.24) is 10.4 Å². The zero-order valence-electron chi connectivity index (χ0n) is 14.6. The normalized spacial score (nSPS) is 14.9. The molecule has 1 heterocycles. The first-order valence-corrected chi connectivity index (χ1v) is 9.73. The van der Waals surface area contributed by atoms with Crippen LogP contribution in [-0.2, 0) is 9.59 Å². The van der Waals surface area contributed by atoms with Gasteiger partial charge in [0.05, 0.1) is 4.91 Å². The molecule has 0 radical (unpaired) electrons. The van der Waals surface area contributed by atoms with Crippen molar-refractivity contribution in [2.75, 3.05) is 6.61 Å². The predicted molar refractivity (Wildman–Crippen MR) is 114 cm³/mol. The first-order chi connectivity index (χ1) is 13.8. The molecule has 3 rings (SSSR count). The highest BCUT2D eigenvalue weighted by atomic mass is 35.5. The lowest BCUT2D eigenvalue weighted by Gasteiger charge is -2.15. The van der Waals surface area contributed by atoms with Gasteiger partial charge >= 0.3 is 5.97 Å². The zero-order chi connectivity index (χ0) is 21.0. The van der Waals surface area contributed by atoms with Crippen LogP contribution in [0.5, 0.6) is 5.75 Å². The van der Waals surface area contributed by atoms with Crippen LogP contribution in [0.25, 0.3) is 6.08 Å². The van der Waals surface area contributed by atoms with E-state index in [2.05, 4.69) is 5.43 Å². The summed E-state index contributed by atoms with van der Waals surface area (Å²) in [6.07, 6.45) is 1.58. The maximum Gasteiger partial charge on any atom is 0.341 e. The van der Waals surface area contributed by atoms with Gasteiger partial charge < -0.3 is 9.84 Å². The van der Waals surface area contributed by atoms with Gasteiger partial charge in [-0.1, -0.05) is 41.6 Å². The molecule has 1 saturated heterocycles. The Balaban J connectivity index is 1.74. The average molecular weight is 449 g/mol. The summed E-state index contributed by atoms with van der Waals surface area (Å²) in [7, 11) is 0. The van der Waals surface area contributed by atoms with Crippen LogP contribution in [-0.4, -0.2) is 38.8 Å². The van der Waals surface area contributed by atoms with E-state index in [-0.39, 0.29) is 4.32 Å². The molecular weight excluding hydrogens is 436 g/mol. The minimum absolute atomic E-state index is 0.176. The molecule has 7 nitrogen and oxygen atoms in total. The summed E-state index contributed by atoms with van der Waals surface area (Å²) in [5, 5.41) is 10.1. The number of halogens is 1. The van der Waals surface area contributed by atoms with Gasteiger partial charge in [0, 0.05) is 10.6 Å². The third-order valence-corrected chi connectivity index (χ3v) is 5.15. The van der Waals surface area contributed by atoms with Crippen molar-refractivity contribution in [1.29, 1.82) is 0 Å². The van der Waals surface area contributed by atoms with Crippen LogP contribution in [0.3, 0.4) is 0 Å². The van der Waals surface area contributed by atoms with Gasteiger partial charge in [-0.25, -0.2) is 4.79 Å². The highest BCUT2D eigenvalue weighted by Crippen LogP contribution is 2.32. The molecule has 1 fully saturated rings. The quantitative estimate of drug-likeness (QED) is 0.516. The molecule has 10 heteroatoms. The monoisotopic (exact) mass is 448 g/mol. The van der Waals surface area contributed by atoms with Crippen LogP contribution in [0.4, 0.5) is 0 Å². The number of thioether (sulfide) groups is 1. The minimum atomic E-state index is -1.09. The Bertz CT molecular complexity index is 1040. The van der Waals surface area contributed by atoms with Crippen molar-refractivity contribution in [3.05, 3.63) is 69.6 Å². The number of nitrogens with one attached hydrogen (secondary N) is 1. The summed E-state index contributed by atoms with van der Waals surface area (Å²) in [5.74, 6) is -1.74. The summed E-state index contributed by atoms with van der Waals surface area (Å²) in [4.78, 5) is 35.9. The van der Waals surface area contributed by atoms with E-state index in [1.807, 2.05) is 0 Å². The fourth-order valence-electron chi connectivity index (χ4n) is 2.35. The Morgan fingerprint density at radius 3 is 2.72 bits per heavy atom. The van der Waals surface area contributed by atoms with Crippen LogP contribution in [0.15, 0.2) is 53.4 Å². The van der Waals surface area contributed by atoms with Crippen molar-refractivity contribution >= 4 is 63.8 Å². The number of amides is 2. The van der Waals surface area contributed by atoms with Gasteiger partial charge in [-0.3, -0.25) is 15.0 Å². The number of carbonyl (C=O) groups is 3. The van der Waals surface area contributed by atoms with Gasteiger partial charge in [-0.15, -0.1) is 0 Å². The molecule has 148 valence electrons. The fourth-order valence-corrected chi connectivity index (χ4v) is 3.72. The minimum Gasteiger partial charge on any atom is -0.482 e. The highest BCUT2D eigenvalue weighted by Gasteiger charge is 2.33. The number of ether oxygens (including phenoxy) is 1. The topological polar surface area (TPSA) is 95.9 Å². The number of thiocarbonyl (C=S) groups is 1. The van der Waals surface area contributed by atoms with Gasteiger partial charge in [-0.05, 0) is 54.2 Å². The molecule has 2 aromatic carbocycles. The molecule has 0 saturated carbocycles. The van der Waals surface area contributed by atoms with Crippen molar-refractivity contribution < 1.29 is 24.2 Å². The highest BCUT2D eigenvalue weighted by molar-refractivity contribution is 8.26. The molecule has 0 unspecified atom stereocenters. The van der Waals surface area contributed by atoms with Gasteiger partial charge in [0.1, 0.15) is 5.75 Å². The molecule has 0 bridgehead atoms. The number of hydrazine groups is 1. The molecule has 0 aliphatic carbocycles. The standard InChI is InChI=1S/C19H13ClN2O5S2/c20-13-5-2-4-12(9-13)17(25)21-22-18(26)15(29-19(22)28)8-11-3-1-6-14(7-11)27-10-16(23)24/h1-9H,10H2,(H,21,25)(H,23,24)/b15-8+. The Kier molecular flexibility index (Phi) is 6.53. The average Bonchev–Trinajstić information content (AvgIpc) is 2.94. The molecule has 1 aliphatic rings. The lowest BCUT2D eigenvalue weighted by Crippen LogP contribution is -2.44. The van der Waals surface area contributed by atoms with Gasteiger partial charge in [-0.2, -0.15) is 5.01 Å². The third kappa shape index (κ3) is 5.35. The number of rotatable bonds is 6. The number of carboxylic acid groups (broad SMARTS) is 1. The van der Waals surface area contributed by atoms with Crippen LogP contribution < -0.4 is 10.2 Å². The van der Waals surface area contributed by atoms with Crippen molar-refractivity contribution in [2.24, 2.45) is 0 Å². The van der Waals surface area contributed by atoms with Gasteiger partial charge in [0.25, 0.3) is 11.8 Å². The fraction of sp³-hybridized carbons (Fsp3) is 0.0526. The molecule has 2 amide bonds. The van der Waals surface area contributed by atoms with E-state index in [0.717, 1.165) is 16.8 Å². The zero-order valence-corrected chi connectivity index (χ0v) is 17.0. The maximum absolute atomic E-state index is 12.7. The maximum atomic E-state index is 12.7. The second-order valence-electron chi connectivity index (χ2n) is 5.72. The summed E-state index contributed by atoms with van der Waals surface area (Å²) < 4.78 is 5.30. The van der Waals surface area contributed by atoms with Gasteiger partial charge in [0.15, 0.2) is 10.9 Å². The van der Waals surface area contributed by atoms with Crippen molar-refractivity contribution in [3.63, 3.8) is 0 Å².